The van der Waals surface area contributed by atoms with E-state index >= 15 is 0 Å². The van der Waals surface area contributed by atoms with E-state index in [4.69, 9.17) is 4.74 Å². The molecule has 0 bridgehead atoms. The molecule has 0 saturated heterocycles. The highest BCUT2D eigenvalue weighted by Crippen LogP contribution is 2.28. The van der Waals surface area contributed by atoms with Crippen LogP contribution in [0.5, 0.6) is 5.75 Å². The molecular formula is C21H27N3O4S. The Kier molecular flexibility index (Phi) is 6.56. The lowest BCUT2D eigenvalue weighted by atomic mass is 10.2. The van der Waals surface area contributed by atoms with Crippen LogP contribution in [0.4, 0.5) is 5.69 Å². The number of hydrogen-bond donors (Lipinski definition) is 1. The first-order valence-corrected chi connectivity index (χ1v) is 10.9. The van der Waals surface area contributed by atoms with Gasteiger partial charge in [0.15, 0.2) is 0 Å². The first-order chi connectivity index (χ1) is 13.8. The predicted octanol–water partition coefficient (Wildman–Crippen LogP) is 2.55. The summed E-state index contributed by atoms with van der Waals surface area (Å²) in [5.41, 5.74) is 1.71. The lowest BCUT2D eigenvalue weighted by Crippen LogP contribution is -2.34. The number of amides is 1. The van der Waals surface area contributed by atoms with Crippen LogP contribution in [0.3, 0.4) is 0 Å². The SMILES string of the molecule is COc1ccc(CN(CC(=O)Nc2ccc(S(=O)(=O)N(C)C)cc2)C2CC2)cc1. The molecule has 1 amide bonds. The molecule has 2 aromatic rings. The second-order valence-electron chi connectivity index (χ2n) is 7.34. The Morgan fingerprint density at radius 1 is 1.07 bits per heavy atom. The van der Waals surface area contributed by atoms with E-state index in [1.165, 1.54) is 26.2 Å². The molecule has 0 unspecified atom stereocenters. The lowest BCUT2D eigenvalue weighted by Gasteiger charge is -2.21. The van der Waals surface area contributed by atoms with E-state index in [0.29, 0.717) is 18.3 Å². The third kappa shape index (κ3) is 5.56. The molecule has 0 aliphatic heterocycles. The van der Waals surface area contributed by atoms with E-state index < -0.39 is 10.0 Å². The van der Waals surface area contributed by atoms with Gasteiger partial charge in [0.05, 0.1) is 18.6 Å². The van der Waals surface area contributed by atoms with Gasteiger partial charge in [-0.1, -0.05) is 12.1 Å². The van der Waals surface area contributed by atoms with Crippen LogP contribution in [-0.4, -0.2) is 57.3 Å². The number of ether oxygens (including phenoxy) is 1. The van der Waals surface area contributed by atoms with Crippen molar-refractivity contribution in [3.05, 3.63) is 54.1 Å². The fourth-order valence-corrected chi connectivity index (χ4v) is 3.93. The number of anilines is 1. The molecular weight excluding hydrogens is 390 g/mol. The van der Waals surface area contributed by atoms with Gasteiger partial charge in [-0.25, -0.2) is 12.7 Å². The van der Waals surface area contributed by atoms with E-state index in [9.17, 15) is 13.2 Å². The van der Waals surface area contributed by atoms with Gasteiger partial charge in [0.1, 0.15) is 5.75 Å². The van der Waals surface area contributed by atoms with Crippen molar-refractivity contribution < 1.29 is 17.9 Å². The zero-order valence-electron chi connectivity index (χ0n) is 17.0. The second kappa shape index (κ2) is 8.94. The summed E-state index contributed by atoms with van der Waals surface area (Å²) >= 11 is 0. The van der Waals surface area contributed by atoms with Gasteiger partial charge in [0, 0.05) is 32.4 Å². The average Bonchev–Trinajstić information content (AvgIpc) is 3.53. The first kappa shape index (κ1) is 21.3. The van der Waals surface area contributed by atoms with Crippen LogP contribution in [0, 0.1) is 0 Å². The average molecular weight is 418 g/mol. The predicted molar refractivity (Wildman–Crippen MR) is 112 cm³/mol. The molecule has 0 atom stereocenters. The number of rotatable bonds is 9. The molecule has 0 aromatic heterocycles. The number of hydrogen-bond acceptors (Lipinski definition) is 5. The van der Waals surface area contributed by atoms with E-state index in [0.717, 1.165) is 28.5 Å². The molecule has 1 aliphatic rings. The third-order valence-corrected chi connectivity index (χ3v) is 6.70. The number of benzene rings is 2. The zero-order valence-corrected chi connectivity index (χ0v) is 17.8. The minimum absolute atomic E-state index is 0.117. The monoisotopic (exact) mass is 417 g/mol. The van der Waals surface area contributed by atoms with Crippen molar-refractivity contribution in [2.75, 3.05) is 33.1 Å². The Morgan fingerprint density at radius 2 is 1.69 bits per heavy atom. The molecule has 2 aromatic carbocycles. The summed E-state index contributed by atoms with van der Waals surface area (Å²) in [4.78, 5) is 14.9. The fourth-order valence-electron chi connectivity index (χ4n) is 3.03. The molecule has 7 nitrogen and oxygen atoms in total. The molecule has 156 valence electrons. The van der Waals surface area contributed by atoms with E-state index in [1.54, 1.807) is 19.2 Å². The topological polar surface area (TPSA) is 79.0 Å². The van der Waals surface area contributed by atoms with Crippen molar-refractivity contribution in [1.29, 1.82) is 0 Å². The summed E-state index contributed by atoms with van der Waals surface area (Å²) in [5.74, 6) is 0.692. The molecule has 1 saturated carbocycles. The largest absolute Gasteiger partial charge is 0.497 e. The first-order valence-electron chi connectivity index (χ1n) is 9.49. The smallest absolute Gasteiger partial charge is 0.242 e. The number of nitrogens with one attached hydrogen (secondary N) is 1. The number of nitrogens with zero attached hydrogens (tertiary/aromatic N) is 2. The third-order valence-electron chi connectivity index (χ3n) is 4.87. The Bertz CT molecular complexity index is 937. The highest BCUT2D eigenvalue weighted by atomic mass is 32.2. The molecule has 0 spiro atoms. The molecule has 0 heterocycles. The van der Waals surface area contributed by atoms with Gasteiger partial charge in [-0.15, -0.1) is 0 Å². The van der Waals surface area contributed by atoms with Gasteiger partial charge in [-0.05, 0) is 54.8 Å². The number of carbonyl (C=O) groups excluding carboxylic acids is 1. The maximum Gasteiger partial charge on any atom is 0.242 e. The maximum atomic E-state index is 12.5. The highest BCUT2D eigenvalue weighted by Gasteiger charge is 2.30. The van der Waals surface area contributed by atoms with Crippen molar-refractivity contribution in [3.8, 4) is 5.75 Å². The van der Waals surface area contributed by atoms with Crippen LogP contribution in [0.15, 0.2) is 53.4 Å². The van der Waals surface area contributed by atoms with Gasteiger partial charge >= 0.3 is 0 Å². The normalized spacial score (nSPS) is 14.2. The zero-order chi connectivity index (χ0) is 21.0. The standard InChI is InChI=1S/C21H27N3O4S/c1-23(2)29(26,27)20-12-6-17(7-13-20)22-21(25)15-24(18-8-9-18)14-16-4-10-19(28-3)11-5-16/h4-7,10-13,18H,8-9,14-15H2,1-3H3,(H,22,25). The molecule has 29 heavy (non-hydrogen) atoms. The summed E-state index contributed by atoms with van der Waals surface area (Å²) < 4.78 is 30.6. The summed E-state index contributed by atoms with van der Waals surface area (Å²) in [5, 5.41) is 2.86. The van der Waals surface area contributed by atoms with Crippen molar-refractivity contribution in [1.82, 2.24) is 9.21 Å². The Morgan fingerprint density at radius 3 is 2.21 bits per heavy atom. The van der Waals surface area contributed by atoms with Crippen LogP contribution in [0.25, 0.3) is 0 Å². The fraction of sp³-hybridized carbons (Fsp3) is 0.381. The Hall–Kier alpha value is -2.42. The van der Waals surface area contributed by atoms with E-state index in [-0.39, 0.29) is 17.3 Å². The van der Waals surface area contributed by atoms with Gasteiger partial charge in [-0.2, -0.15) is 0 Å². The maximum absolute atomic E-state index is 12.5. The van der Waals surface area contributed by atoms with Crippen molar-refractivity contribution in [2.45, 2.75) is 30.3 Å². The lowest BCUT2D eigenvalue weighted by molar-refractivity contribution is -0.117. The Labute approximate surface area is 172 Å². The number of sulfonamides is 1. The molecule has 1 aliphatic carbocycles. The number of methoxy groups -OCH3 is 1. The van der Waals surface area contributed by atoms with Crippen molar-refractivity contribution in [3.63, 3.8) is 0 Å². The molecule has 3 rings (SSSR count). The minimum atomic E-state index is -3.48. The van der Waals surface area contributed by atoms with Crippen molar-refractivity contribution >= 4 is 21.6 Å². The molecule has 0 radical (unpaired) electrons. The van der Waals surface area contributed by atoms with E-state index in [1.807, 2.05) is 24.3 Å². The summed E-state index contributed by atoms with van der Waals surface area (Å²) in [6.07, 6.45) is 2.20. The Balaban J connectivity index is 1.60. The van der Waals surface area contributed by atoms with Gasteiger partial charge in [0.25, 0.3) is 0 Å². The van der Waals surface area contributed by atoms with Crippen LogP contribution in [0.2, 0.25) is 0 Å². The van der Waals surface area contributed by atoms with Crippen LogP contribution < -0.4 is 10.1 Å². The van der Waals surface area contributed by atoms with Gasteiger partial charge < -0.3 is 10.1 Å². The molecule has 8 heteroatoms. The van der Waals surface area contributed by atoms with Gasteiger partial charge in [-0.3, -0.25) is 9.69 Å². The number of carbonyl (C=O) groups is 1. The van der Waals surface area contributed by atoms with Crippen LogP contribution in [-0.2, 0) is 21.4 Å². The quantitative estimate of drug-likeness (QED) is 0.678. The molecule has 1 fully saturated rings. The minimum Gasteiger partial charge on any atom is -0.497 e. The highest BCUT2D eigenvalue weighted by molar-refractivity contribution is 7.89. The van der Waals surface area contributed by atoms with E-state index in [2.05, 4.69) is 10.2 Å². The molecule has 1 N–H and O–H groups in total. The van der Waals surface area contributed by atoms with Crippen LogP contribution >= 0.6 is 0 Å². The summed E-state index contributed by atoms with van der Waals surface area (Å²) in [6, 6.07) is 14.5. The van der Waals surface area contributed by atoms with Crippen molar-refractivity contribution in [2.24, 2.45) is 0 Å². The summed E-state index contributed by atoms with van der Waals surface area (Å²) in [7, 11) is 1.13. The second-order valence-corrected chi connectivity index (χ2v) is 9.50. The summed E-state index contributed by atoms with van der Waals surface area (Å²) in [6.45, 7) is 0.983. The van der Waals surface area contributed by atoms with Crippen LogP contribution in [0.1, 0.15) is 18.4 Å². The van der Waals surface area contributed by atoms with Gasteiger partial charge in [0.2, 0.25) is 15.9 Å².